The van der Waals surface area contributed by atoms with Crippen LogP contribution in [-0.4, -0.2) is 59.4 Å². The largest absolute Gasteiger partial charge is 0.536 e. The Labute approximate surface area is 143 Å². The highest BCUT2D eigenvalue weighted by molar-refractivity contribution is 6.75. The quantitative estimate of drug-likeness (QED) is 0.624. The summed E-state index contributed by atoms with van der Waals surface area (Å²) in [7, 11) is 0.354. The number of aliphatic carboxylic acids is 1. The summed E-state index contributed by atoms with van der Waals surface area (Å²) in [6.07, 6.45) is 0.404. The highest BCUT2D eigenvalue weighted by atomic mass is 28.4. The maximum absolute atomic E-state index is 10.9. The molecule has 1 aliphatic heterocycles. The second kappa shape index (κ2) is 8.70. The first-order valence-corrected chi connectivity index (χ1v) is 9.68. The number of carbonyl (C=O) groups is 1. The molecular formula is C16H25NO6Si. The zero-order valence-electron chi connectivity index (χ0n) is 14.3. The van der Waals surface area contributed by atoms with Gasteiger partial charge in [-0.3, -0.25) is 4.79 Å². The smallest absolute Gasteiger partial charge is 0.480 e. The van der Waals surface area contributed by atoms with Gasteiger partial charge in [-0.2, -0.15) is 0 Å². The van der Waals surface area contributed by atoms with Crippen molar-refractivity contribution in [2.24, 2.45) is 0 Å². The van der Waals surface area contributed by atoms with E-state index in [2.05, 4.69) is 5.32 Å². The second-order valence-electron chi connectivity index (χ2n) is 5.56. The number of benzene rings is 1. The predicted molar refractivity (Wildman–Crippen MR) is 90.1 cm³/mol. The summed E-state index contributed by atoms with van der Waals surface area (Å²) >= 11 is 0. The SMILES string of the molecule is CCO[Si](OC)(OC)c1ccc(COC2CN[C@H](C(=O)O)C2)cc1. The van der Waals surface area contributed by atoms with Gasteiger partial charge in [0.25, 0.3) is 0 Å². The number of nitrogens with one attached hydrogen (secondary N) is 1. The molecule has 0 aliphatic carbocycles. The molecule has 2 rings (SSSR count). The molecule has 2 N–H and O–H groups in total. The van der Waals surface area contributed by atoms with Gasteiger partial charge in [0.15, 0.2) is 0 Å². The first-order valence-electron chi connectivity index (χ1n) is 7.96. The van der Waals surface area contributed by atoms with E-state index in [1.165, 1.54) is 0 Å². The summed E-state index contributed by atoms with van der Waals surface area (Å²) in [4.78, 5) is 10.9. The van der Waals surface area contributed by atoms with Gasteiger partial charge in [-0.25, -0.2) is 0 Å². The Balaban J connectivity index is 1.93. The normalized spacial score (nSPS) is 21.1. The minimum Gasteiger partial charge on any atom is -0.480 e. The highest BCUT2D eigenvalue weighted by Gasteiger charge is 2.41. The predicted octanol–water partition coefficient (Wildman–Crippen LogP) is 0.494. The standard InChI is InChI=1S/C16H25NO6Si/c1-4-23-24(20-2,21-3)14-7-5-12(6-8-14)11-22-13-9-15(16(18)19)17-10-13/h5-8,13,15,17H,4,9-11H2,1-3H3,(H,18,19)/t13?,15-/m0/s1. The molecule has 1 saturated heterocycles. The molecule has 0 spiro atoms. The van der Waals surface area contributed by atoms with Gasteiger partial charge in [-0.05, 0) is 12.5 Å². The van der Waals surface area contributed by atoms with Crippen molar-refractivity contribution in [1.82, 2.24) is 5.32 Å². The third-order valence-electron chi connectivity index (χ3n) is 4.05. The molecule has 1 unspecified atom stereocenters. The van der Waals surface area contributed by atoms with E-state index in [4.69, 9.17) is 23.1 Å². The van der Waals surface area contributed by atoms with Gasteiger partial charge in [-0.1, -0.05) is 24.3 Å². The summed E-state index contributed by atoms with van der Waals surface area (Å²) in [6.45, 7) is 3.41. The number of carboxylic acids is 1. The molecule has 8 heteroatoms. The van der Waals surface area contributed by atoms with Crippen LogP contribution in [0.25, 0.3) is 0 Å². The number of hydrogen-bond donors (Lipinski definition) is 2. The van der Waals surface area contributed by atoms with Crippen LogP contribution in [0, 0.1) is 0 Å². The first kappa shape index (κ1) is 19.0. The third kappa shape index (κ3) is 4.41. The maximum atomic E-state index is 10.9. The molecule has 0 aromatic heterocycles. The van der Waals surface area contributed by atoms with E-state index in [0.29, 0.717) is 26.2 Å². The number of rotatable bonds is 9. The van der Waals surface area contributed by atoms with Gasteiger partial charge in [-0.15, -0.1) is 0 Å². The lowest BCUT2D eigenvalue weighted by Crippen LogP contribution is -2.55. The van der Waals surface area contributed by atoms with Crippen molar-refractivity contribution in [1.29, 1.82) is 0 Å². The van der Waals surface area contributed by atoms with Gasteiger partial charge in [0, 0.05) is 39.0 Å². The van der Waals surface area contributed by atoms with Crippen molar-refractivity contribution in [2.75, 3.05) is 27.4 Å². The van der Waals surface area contributed by atoms with Crippen LogP contribution in [0.4, 0.5) is 0 Å². The summed E-state index contributed by atoms with van der Waals surface area (Å²) in [5, 5.41) is 12.8. The molecule has 2 atom stereocenters. The average molecular weight is 355 g/mol. The Morgan fingerprint density at radius 1 is 1.29 bits per heavy atom. The van der Waals surface area contributed by atoms with Crippen LogP contribution in [0.2, 0.25) is 0 Å². The van der Waals surface area contributed by atoms with Crippen molar-refractivity contribution in [3.63, 3.8) is 0 Å². The fourth-order valence-electron chi connectivity index (χ4n) is 2.75. The van der Waals surface area contributed by atoms with Gasteiger partial charge in [0.2, 0.25) is 0 Å². The van der Waals surface area contributed by atoms with Crippen molar-refractivity contribution in [3.8, 4) is 0 Å². The summed E-state index contributed by atoms with van der Waals surface area (Å²) in [5.74, 6) is -0.832. The fraction of sp³-hybridized carbons (Fsp3) is 0.562. The van der Waals surface area contributed by atoms with Crippen LogP contribution >= 0.6 is 0 Å². The third-order valence-corrected chi connectivity index (χ3v) is 6.84. The molecule has 1 aromatic carbocycles. The monoisotopic (exact) mass is 355 g/mol. The second-order valence-corrected chi connectivity index (χ2v) is 8.36. The van der Waals surface area contributed by atoms with Crippen LogP contribution in [0.3, 0.4) is 0 Å². The van der Waals surface area contributed by atoms with Gasteiger partial charge in [0.05, 0.1) is 12.7 Å². The van der Waals surface area contributed by atoms with E-state index in [1.54, 1.807) is 14.2 Å². The zero-order valence-corrected chi connectivity index (χ0v) is 15.3. The number of carboxylic acid groups (broad SMARTS) is 1. The Bertz CT molecular complexity index is 534. The van der Waals surface area contributed by atoms with Gasteiger partial charge < -0.3 is 28.4 Å². The lowest BCUT2D eigenvalue weighted by Gasteiger charge is -2.26. The molecule has 1 fully saturated rings. The van der Waals surface area contributed by atoms with Crippen LogP contribution in [0.1, 0.15) is 18.9 Å². The molecule has 0 amide bonds. The highest BCUT2D eigenvalue weighted by Crippen LogP contribution is 2.14. The molecule has 134 valence electrons. The van der Waals surface area contributed by atoms with Crippen molar-refractivity contribution in [3.05, 3.63) is 29.8 Å². The van der Waals surface area contributed by atoms with Crippen LogP contribution < -0.4 is 10.5 Å². The molecule has 1 heterocycles. The maximum Gasteiger partial charge on any atom is 0.536 e. The van der Waals surface area contributed by atoms with E-state index in [9.17, 15) is 4.79 Å². The molecule has 0 saturated carbocycles. The molecule has 0 bridgehead atoms. The van der Waals surface area contributed by atoms with Gasteiger partial charge in [0.1, 0.15) is 6.04 Å². The van der Waals surface area contributed by atoms with Crippen molar-refractivity contribution in [2.45, 2.75) is 32.1 Å². The molecule has 7 nitrogen and oxygen atoms in total. The lowest BCUT2D eigenvalue weighted by atomic mass is 10.2. The zero-order chi connectivity index (χ0) is 17.6. The molecule has 1 aliphatic rings. The van der Waals surface area contributed by atoms with Crippen LogP contribution in [0.15, 0.2) is 24.3 Å². The fourth-order valence-corrected chi connectivity index (χ4v) is 4.74. The number of hydrogen-bond acceptors (Lipinski definition) is 6. The Morgan fingerprint density at radius 2 is 1.96 bits per heavy atom. The minimum absolute atomic E-state index is 0.0828. The summed E-state index contributed by atoms with van der Waals surface area (Å²) in [5.41, 5.74) is 1.00. The average Bonchev–Trinajstić information content (AvgIpc) is 3.08. The number of ether oxygens (including phenoxy) is 1. The lowest BCUT2D eigenvalue weighted by molar-refractivity contribution is -0.139. The van der Waals surface area contributed by atoms with E-state index >= 15 is 0 Å². The van der Waals surface area contributed by atoms with Crippen LogP contribution in [0.5, 0.6) is 0 Å². The molecule has 1 aromatic rings. The Hall–Kier alpha value is -1.29. The molecule has 0 radical (unpaired) electrons. The van der Waals surface area contributed by atoms with Gasteiger partial charge >= 0.3 is 14.8 Å². The summed E-state index contributed by atoms with van der Waals surface area (Å²) in [6, 6.07) is 7.25. The van der Waals surface area contributed by atoms with E-state index in [-0.39, 0.29) is 6.10 Å². The topological polar surface area (TPSA) is 86.3 Å². The molecular weight excluding hydrogens is 330 g/mol. The minimum atomic E-state index is -2.83. The van der Waals surface area contributed by atoms with E-state index < -0.39 is 20.8 Å². The van der Waals surface area contributed by atoms with E-state index in [0.717, 1.165) is 10.8 Å². The molecule has 24 heavy (non-hydrogen) atoms. The Morgan fingerprint density at radius 3 is 2.46 bits per heavy atom. The first-order chi connectivity index (χ1) is 11.5. The van der Waals surface area contributed by atoms with Crippen molar-refractivity contribution >= 4 is 20.0 Å². The van der Waals surface area contributed by atoms with E-state index in [1.807, 2.05) is 31.2 Å². The van der Waals surface area contributed by atoms with Crippen LogP contribution in [-0.2, 0) is 29.4 Å². The Kier molecular flexibility index (Phi) is 6.90. The van der Waals surface area contributed by atoms with Crippen molar-refractivity contribution < 1.29 is 27.9 Å². The summed E-state index contributed by atoms with van der Waals surface area (Å²) < 4.78 is 22.6.